The number of amides is 1. The fourth-order valence-corrected chi connectivity index (χ4v) is 5.02. The normalized spacial score (nSPS) is 12.4. The number of hydrogen-bond donors (Lipinski definition) is 0. The van der Waals surface area contributed by atoms with Gasteiger partial charge in [-0.25, -0.2) is 12.8 Å². The molecule has 0 atom stereocenters. The van der Waals surface area contributed by atoms with E-state index in [9.17, 15) is 17.6 Å². The summed E-state index contributed by atoms with van der Waals surface area (Å²) in [6.45, 7) is 3.18. The van der Waals surface area contributed by atoms with Gasteiger partial charge in [0.05, 0.1) is 28.8 Å². The molecule has 3 rings (SSSR count). The van der Waals surface area contributed by atoms with Crippen LogP contribution >= 0.6 is 11.3 Å². The lowest BCUT2D eigenvalue weighted by Gasteiger charge is -2.06. The molecular weight excluding hydrogens is 431 g/mol. The molecule has 7 nitrogen and oxygen atoms in total. The van der Waals surface area contributed by atoms with Crippen molar-refractivity contribution in [1.82, 2.24) is 4.57 Å². The number of methoxy groups -OCH3 is 1. The first-order valence-electron chi connectivity index (χ1n) is 9.15. The fraction of sp³-hybridized carbons (Fsp3) is 0.300. The zero-order valence-corrected chi connectivity index (χ0v) is 18.1. The van der Waals surface area contributed by atoms with E-state index < -0.39 is 27.3 Å². The lowest BCUT2D eigenvalue weighted by atomic mass is 10.3. The van der Waals surface area contributed by atoms with Crippen molar-refractivity contribution in [1.29, 1.82) is 0 Å². The first-order valence-corrected chi connectivity index (χ1v) is 11.6. The van der Waals surface area contributed by atoms with E-state index in [2.05, 4.69) is 4.99 Å². The van der Waals surface area contributed by atoms with Crippen molar-refractivity contribution < 1.29 is 27.1 Å². The van der Waals surface area contributed by atoms with Gasteiger partial charge in [-0.15, -0.1) is 0 Å². The molecule has 3 aromatic rings. The second-order valence-corrected chi connectivity index (χ2v) is 9.28. The molecule has 0 bridgehead atoms. The molecule has 0 unspecified atom stereocenters. The van der Waals surface area contributed by atoms with Crippen LogP contribution in [0.5, 0.6) is 5.75 Å². The number of sulfone groups is 1. The third kappa shape index (κ3) is 5.13. The first kappa shape index (κ1) is 22.1. The Morgan fingerprint density at radius 1 is 1.20 bits per heavy atom. The maximum atomic E-state index is 13.6. The van der Waals surface area contributed by atoms with Crippen LogP contribution in [0.25, 0.3) is 10.2 Å². The van der Waals surface area contributed by atoms with Crippen molar-refractivity contribution in [2.45, 2.75) is 18.4 Å². The number of hydrogen-bond acceptors (Lipinski definition) is 6. The lowest BCUT2D eigenvalue weighted by Crippen LogP contribution is -2.22. The van der Waals surface area contributed by atoms with Crippen molar-refractivity contribution in [2.24, 2.45) is 4.99 Å². The molecule has 0 saturated heterocycles. The van der Waals surface area contributed by atoms with Gasteiger partial charge < -0.3 is 14.0 Å². The highest BCUT2D eigenvalue weighted by molar-refractivity contribution is 7.92. The van der Waals surface area contributed by atoms with Gasteiger partial charge in [-0.1, -0.05) is 11.3 Å². The molecule has 0 aliphatic rings. The summed E-state index contributed by atoms with van der Waals surface area (Å²) < 4.78 is 51.4. The first-order chi connectivity index (χ1) is 14.3. The number of thiazole rings is 1. The molecule has 0 aliphatic carbocycles. The summed E-state index contributed by atoms with van der Waals surface area (Å²) >= 11 is 1.12. The Labute approximate surface area is 177 Å². The minimum Gasteiger partial charge on any atom is -0.497 e. The third-order valence-corrected chi connectivity index (χ3v) is 6.92. The summed E-state index contributed by atoms with van der Waals surface area (Å²) in [5.41, 5.74) is 0.700. The average Bonchev–Trinajstić information content (AvgIpc) is 3.03. The van der Waals surface area contributed by atoms with Crippen molar-refractivity contribution in [2.75, 3.05) is 26.1 Å². The van der Waals surface area contributed by atoms with E-state index in [0.717, 1.165) is 11.3 Å². The number of carbonyl (C=O) groups excluding carboxylic acids is 1. The third-order valence-electron chi connectivity index (χ3n) is 4.26. The van der Waals surface area contributed by atoms with Gasteiger partial charge in [0.2, 0.25) is 0 Å². The van der Waals surface area contributed by atoms with Gasteiger partial charge in [-0.2, -0.15) is 4.99 Å². The number of fused-ring (bicyclic) bond motifs is 1. The van der Waals surface area contributed by atoms with E-state index in [1.165, 1.54) is 43.5 Å². The van der Waals surface area contributed by atoms with Crippen LogP contribution in [0, 0.1) is 5.82 Å². The van der Waals surface area contributed by atoms with Crippen LogP contribution in [0.4, 0.5) is 4.39 Å². The molecule has 0 saturated carbocycles. The summed E-state index contributed by atoms with van der Waals surface area (Å²) in [7, 11) is -2.39. The number of nitrogens with zero attached hydrogens (tertiary/aromatic N) is 2. The van der Waals surface area contributed by atoms with Gasteiger partial charge >= 0.3 is 0 Å². The SMILES string of the molecule is CCOCCn1c(=NC(=O)CS(=O)(=O)c2ccc(OC)cc2)sc2cc(F)ccc21. The van der Waals surface area contributed by atoms with E-state index in [0.29, 0.717) is 40.5 Å². The number of benzene rings is 2. The van der Waals surface area contributed by atoms with Gasteiger partial charge in [-0.3, -0.25) is 4.79 Å². The van der Waals surface area contributed by atoms with Gasteiger partial charge in [0.1, 0.15) is 17.3 Å². The topological polar surface area (TPSA) is 87.0 Å². The summed E-state index contributed by atoms with van der Waals surface area (Å²) in [6, 6.07) is 10.1. The monoisotopic (exact) mass is 452 g/mol. The predicted molar refractivity (Wildman–Crippen MR) is 112 cm³/mol. The standard InChI is InChI=1S/C20H21FN2O5S2/c1-3-28-11-10-23-17-9-4-14(21)12-18(17)29-20(23)22-19(24)13-30(25,26)16-7-5-15(27-2)6-8-16/h4-9,12H,3,10-11,13H2,1-2H3. The van der Waals surface area contributed by atoms with E-state index >= 15 is 0 Å². The molecule has 160 valence electrons. The second-order valence-electron chi connectivity index (χ2n) is 6.29. The predicted octanol–water partition coefficient (Wildman–Crippen LogP) is 2.79. The Kier molecular flexibility index (Phi) is 7.01. The second kappa shape index (κ2) is 9.50. The van der Waals surface area contributed by atoms with Crippen LogP contribution in [-0.4, -0.2) is 45.0 Å². The summed E-state index contributed by atoms with van der Waals surface area (Å²) in [4.78, 5) is 16.8. The summed E-state index contributed by atoms with van der Waals surface area (Å²) in [5, 5.41) is 0. The van der Waals surface area contributed by atoms with Crippen molar-refractivity contribution >= 4 is 37.3 Å². The van der Waals surface area contributed by atoms with Crippen LogP contribution in [0.15, 0.2) is 52.4 Å². The van der Waals surface area contributed by atoms with E-state index in [1.54, 1.807) is 10.6 Å². The van der Waals surface area contributed by atoms with Gasteiger partial charge in [-0.05, 0) is 49.4 Å². The average molecular weight is 453 g/mol. The molecule has 30 heavy (non-hydrogen) atoms. The largest absolute Gasteiger partial charge is 0.497 e. The molecule has 10 heteroatoms. The fourth-order valence-electron chi connectivity index (χ4n) is 2.82. The Hall–Kier alpha value is -2.56. The minimum atomic E-state index is -3.86. The molecule has 0 fully saturated rings. The molecule has 0 N–H and O–H groups in total. The Morgan fingerprint density at radius 2 is 1.93 bits per heavy atom. The quantitative estimate of drug-likeness (QED) is 0.491. The van der Waals surface area contributed by atoms with Gasteiger partial charge in [0.15, 0.2) is 14.6 Å². The summed E-state index contributed by atoms with van der Waals surface area (Å²) in [6.07, 6.45) is 0. The van der Waals surface area contributed by atoms with Crippen molar-refractivity contribution in [3.05, 3.63) is 53.1 Å². The zero-order valence-electron chi connectivity index (χ0n) is 16.5. The van der Waals surface area contributed by atoms with Gasteiger partial charge in [0, 0.05) is 13.2 Å². The van der Waals surface area contributed by atoms with E-state index in [-0.39, 0.29) is 4.90 Å². The Bertz CT molecular complexity index is 1210. The molecule has 0 aliphatic heterocycles. The summed E-state index contributed by atoms with van der Waals surface area (Å²) in [5.74, 6) is -1.46. The number of ether oxygens (including phenoxy) is 2. The minimum absolute atomic E-state index is 0.00878. The highest BCUT2D eigenvalue weighted by Crippen LogP contribution is 2.19. The molecule has 1 heterocycles. The van der Waals surface area contributed by atoms with Gasteiger partial charge in [0.25, 0.3) is 5.91 Å². The van der Waals surface area contributed by atoms with Crippen LogP contribution < -0.4 is 9.54 Å². The number of rotatable bonds is 8. The Balaban J connectivity index is 1.92. The molecule has 0 radical (unpaired) electrons. The van der Waals surface area contributed by atoms with E-state index in [4.69, 9.17) is 9.47 Å². The number of aromatic nitrogens is 1. The maximum absolute atomic E-state index is 13.6. The smallest absolute Gasteiger partial charge is 0.263 e. The number of halogens is 1. The van der Waals surface area contributed by atoms with Crippen LogP contribution in [0.1, 0.15) is 6.92 Å². The molecular formula is C20H21FN2O5S2. The number of carbonyl (C=O) groups is 1. The van der Waals surface area contributed by atoms with Crippen LogP contribution in [0.2, 0.25) is 0 Å². The lowest BCUT2D eigenvalue weighted by molar-refractivity contribution is -0.115. The molecule has 2 aromatic carbocycles. The van der Waals surface area contributed by atoms with Crippen molar-refractivity contribution in [3.63, 3.8) is 0 Å². The zero-order chi connectivity index (χ0) is 21.7. The van der Waals surface area contributed by atoms with Crippen LogP contribution in [-0.2, 0) is 25.9 Å². The van der Waals surface area contributed by atoms with E-state index in [1.807, 2.05) is 6.92 Å². The highest BCUT2D eigenvalue weighted by atomic mass is 32.2. The molecule has 1 aromatic heterocycles. The molecule has 1 amide bonds. The van der Waals surface area contributed by atoms with Crippen LogP contribution in [0.3, 0.4) is 0 Å². The van der Waals surface area contributed by atoms with Crippen molar-refractivity contribution in [3.8, 4) is 5.75 Å². The maximum Gasteiger partial charge on any atom is 0.263 e. The molecule has 0 spiro atoms. The highest BCUT2D eigenvalue weighted by Gasteiger charge is 2.20. The Morgan fingerprint density at radius 3 is 2.60 bits per heavy atom.